The summed E-state index contributed by atoms with van der Waals surface area (Å²) in [6, 6.07) is 0.244. The predicted octanol–water partition coefficient (Wildman–Crippen LogP) is 0.465. The lowest BCUT2D eigenvalue weighted by Gasteiger charge is -2.02. The summed E-state index contributed by atoms with van der Waals surface area (Å²) in [4.78, 5) is 4.14. The third-order valence-electron chi connectivity index (χ3n) is 1.16. The van der Waals surface area contributed by atoms with Crippen molar-refractivity contribution in [3.05, 3.63) is 0 Å². The molecule has 4 nitrogen and oxygen atoms in total. The van der Waals surface area contributed by atoms with E-state index < -0.39 is 0 Å². The first-order valence-electron chi connectivity index (χ1n) is 3.11. The quantitative estimate of drug-likeness (QED) is 0.472. The van der Waals surface area contributed by atoms with Gasteiger partial charge in [-0.25, -0.2) is 0 Å². The molecule has 7 heteroatoms. The summed E-state index contributed by atoms with van der Waals surface area (Å²) >= 11 is 2.88. The van der Waals surface area contributed by atoms with Gasteiger partial charge in [0.25, 0.3) is 0 Å². The summed E-state index contributed by atoms with van der Waals surface area (Å²) < 4.78 is 0. The number of aliphatic imine (C=N–C) groups is 1. The molecule has 1 heterocycles. The highest BCUT2D eigenvalue weighted by molar-refractivity contribution is 8.14. The van der Waals surface area contributed by atoms with Crippen LogP contribution in [0.25, 0.3) is 0 Å². The van der Waals surface area contributed by atoms with Crippen molar-refractivity contribution >= 4 is 46.3 Å². The molecule has 1 rings (SSSR count). The van der Waals surface area contributed by atoms with Crippen LogP contribution < -0.4 is 11.5 Å². The Morgan fingerprint density at radius 1 is 1.83 bits per heavy atom. The van der Waals surface area contributed by atoms with Gasteiger partial charge >= 0.3 is 0 Å². The first-order chi connectivity index (χ1) is 5.18. The molecule has 0 aliphatic carbocycles. The van der Waals surface area contributed by atoms with E-state index in [9.17, 15) is 0 Å². The molecule has 0 amide bonds. The van der Waals surface area contributed by atoms with Gasteiger partial charge in [0.2, 0.25) is 0 Å². The Morgan fingerprint density at radius 2 is 2.50 bits per heavy atom. The Bertz CT molecular complexity index is 196. The minimum Gasteiger partial charge on any atom is -0.379 e. The van der Waals surface area contributed by atoms with Crippen molar-refractivity contribution in [2.75, 3.05) is 11.5 Å². The highest BCUT2D eigenvalue weighted by Gasteiger charge is 2.15. The zero-order valence-electron chi connectivity index (χ0n) is 6.32. The van der Waals surface area contributed by atoms with E-state index in [1.165, 1.54) is 11.8 Å². The van der Waals surface area contributed by atoms with Crippen molar-refractivity contribution in [3.8, 4) is 0 Å². The average molecular weight is 227 g/mol. The molecule has 0 fully saturated rings. The number of hydrogen-bond donors (Lipinski definition) is 3. The summed E-state index contributed by atoms with van der Waals surface area (Å²) in [7, 11) is 0. The Kier molecular flexibility index (Phi) is 5.52. The summed E-state index contributed by atoms with van der Waals surface area (Å²) in [6.45, 7) is 0. The third kappa shape index (κ3) is 4.08. The van der Waals surface area contributed by atoms with E-state index in [1.54, 1.807) is 11.8 Å². The zero-order chi connectivity index (χ0) is 8.27. The molecule has 1 atom stereocenters. The van der Waals surface area contributed by atoms with Gasteiger partial charge in [-0.2, -0.15) is 0 Å². The zero-order valence-corrected chi connectivity index (χ0v) is 8.77. The second kappa shape index (κ2) is 5.55. The standard InChI is InChI=1S/C5H10N4S2.ClH/c6-4(7)10-1-3-2-11-5(8)9-3;/h3H,1-2H2,(H3,6,7)(H2,8,9);1H. The number of amidine groups is 2. The number of nitrogens with one attached hydrogen (secondary N) is 1. The summed E-state index contributed by atoms with van der Waals surface area (Å²) in [6.07, 6.45) is 0. The monoisotopic (exact) mass is 226 g/mol. The van der Waals surface area contributed by atoms with E-state index in [-0.39, 0.29) is 23.6 Å². The maximum absolute atomic E-state index is 6.96. The minimum atomic E-state index is 0. The molecule has 1 aliphatic rings. The van der Waals surface area contributed by atoms with E-state index in [0.717, 1.165) is 11.5 Å². The molecule has 70 valence electrons. The summed E-state index contributed by atoms with van der Waals surface area (Å²) in [5, 5.41) is 7.76. The number of hydrogen-bond acceptors (Lipinski definition) is 5. The molecule has 0 bridgehead atoms. The van der Waals surface area contributed by atoms with Gasteiger partial charge < -0.3 is 11.5 Å². The molecule has 0 aromatic carbocycles. The van der Waals surface area contributed by atoms with Crippen LogP contribution in [0.1, 0.15) is 0 Å². The van der Waals surface area contributed by atoms with Crippen LogP contribution in [0, 0.1) is 5.41 Å². The second-order valence-corrected chi connectivity index (χ2v) is 4.21. The van der Waals surface area contributed by atoms with Crippen molar-refractivity contribution in [1.29, 1.82) is 5.41 Å². The fourth-order valence-electron chi connectivity index (χ4n) is 0.707. The summed E-state index contributed by atoms with van der Waals surface area (Å²) in [5.74, 6) is 1.69. The molecule has 0 radical (unpaired) electrons. The van der Waals surface area contributed by atoms with Crippen molar-refractivity contribution < 1.29 is 0 Å². The highest BCUT2D eigenvalue weighted by atomic mass is 35.5. The molecule has 12 heavy (non-hydrogen) atoms. The predicted molar refractivity (Wildman–Crippen MR) is 59.5 cm³/mol. The van der Waals surface area contributed by atoms with Gasteiger partial charge in [-0.1, -0.05) is 23.5 Å². The number of nitrogens with two attached hydrogens (primary N) is 2. The first kappa shape index (κ1) is 11.9. The van der Waals surface area contributed by atoms with E-state index >= 15 is 0 Å². The number of thioether (sulfide) groups is 2. The number of rotatable bonds is 2. The molecule has 0 saturated carbocycles. The molecule has 5 N–H and O–H groups in total. The lowest BCUT2D eigenvalue weighted by molar-refractivity contribution is 0.879. The maximum atomic E-state index is 6.96. The van der Waals surface area contributed by atoms with E-state index in [4.69, 9.17) is 16.9 Å². The molecule has 0 saturated heterocycles. The largest absolute Gasteiger partial charge is 0.379 e. The Balaban J connectivity index is 0.00000121. The van der Waals surface area contributed by atoms with Crippen LogP contribution in [0.5, 0.6) is 0 Å². The lowest BCUT2D eigenvalue weighted by atomic mass is 10.4. The van der Waals surface area contributed by atoms with Crippen molar-refractivity contribution in [2.45, 2.75) is 6.04 Å². The Labute approximate surface area is 85.9 Å². The molecular weight excluding hydrogens is 216 g/mol. The number of nitrogens with zero attached hydrogens (tertiary/aromatic N) is 1. The van der Waals surface area contributed by atoms with Crippen molar-refractivity contribution in [3.63, 3.8) is 0 Å². The van der Waals surface area contributed by atoms with Crippen molar-refractivity contribution in [2.24, 2.45) is 16.5 Å². The van der Waals surface area contributed by atoms with Crippen LogP contribution in [0.4, 0.5) is 0 Å². The van der Waals surface area contributed by atoms with E-state index in [1.807, 2.05) is 0 Å². The first-order valence-corrected chi connectivity index (χ1v) is 5.08. The van der Waals surface area contributed by atoms with Gasteiger partial charge in [0.15, 0.2) is 10.3 Å². The van der Waals surface area contributed by atoms with E-state index in [0.29, 0.717) is 5.17 Å². The van der Waals surface area contributed by atoms with Gasteiger partial charge in [0.05, 0.1) is 6.04 Å². The van der Waals surface area contributed by atoms with Crippen LogP contribution >= 0.6 is 35.9 Å². The highest BCUT2D eigenvalue weighted by Crippen LogP contribution is 2.18. The van der Waals surface area contributed by atoms with Gasteiger partial charge in [-0.05, 0) is 0 Å². The summed E-state index contributed by atoms with van der Waals surface area (Å²) in [5.41, 5.74) is 10.6. The molecule has 1 aliphatic heterocycles. The van der Waals surface area contributed by atoms with Gasteiger partial charge in [-0.15, -0.1) is 12.4 Å². The van der Waals surface area contributed by atoms with Crippen LogP contribution in [-0.2, 0) is 0 Å². The molecule has 0 aromatic heterocycles. The SMILES string of the molecule is Cl.N=C(N)SCC1CSC(N)=N1. The molecule has 0 aromatic rings. The fourth-order valence-corrected chi connectivity index (χ4v) is 2.20. The van der Waals surface area contributed by atoms with Gasteiger partial charge in [0.1, 0.15) is 0 Å². The smallest absolute Gasteiger partial charge is 0.154 e. The normalized spacial score (nSPS) is 21.3. The third-order valence-corrected chi connectivity index (χ3v) is 2.98. The Hall–Kier alpha value is -0.0700. The lowest BCUT2D eigenvalue weighted by Crippen LogP contribution is -2.13. The Morgan fingerprint density at radius 3 is 2.92 bits per heavy atom. The van der Waals surface area contributed by atoms with Crippen molar-refractivity contribution in [1.82, 2.24) is 0 Å². The van der Waals surface area contributed by atoms with Crippen LogP contribution in [0.3, 0.4) is 0 Å². The van der Waals surface area contributed by atoms with Crippen LogP contribution in [0.2, 0.25) is 0 Å². The maximum Gasteiger partial charge on any atom is 0.154 e. The number of halogens is 1. The second-order valence-electron chi connectivity index (χ2n) is 2.11. The minimum absolute atomic E-state index is 0. The van der Waals surface area contributed by atoms with Crippen LogP contribution in [-0.4, -0.2) is 27.9 Å². The molecular formula is C5H11ClN4S2. The van der Waals surface area contributed by atoms with Gasteiger partial charge in [-0.3, -0.25) is 10.4 Å². The van der Waals surface area contributed by atoms with Gasteiger partial charge in [0, 0.05) is 11.5 Å². The molecule has 0 spiro atoms. The van der Waals surface area contributed by atoms with E-state index in [2.05, 4.69) is 4.99 Å². The molecule has 1 unspecified atom stereocenters. The fraction of sp³-hybridized carbons (Fsp3) is 0.600. The topological polar surface area (TPSA) is 88.2 Å². The average Bonchev–Trinajstić information content (AvgIpc) is 2.31. The van der Waals surface area contributed by atoms with Crippen LogP contribution in [0.15, 0.2) is 4.99 Å².